The van der Waals surface area contributed by atoms with E-state index in [0.29, 0.717) is 6.61 Å². The molecular formula is C20H21NO3. The van der Waals surface area contributed by atoms with Gasteiger partial charge in [0.1, 0.15) is 12.4 Å². The van der Waals surface area contributed by atoms with Gasteiger partial charge in [-0.25, -0.2) is 0 Å². The Kier molecular flexibility index (Phi) is 5.64. The maximum Gasteiger partial charge on any atom is 0.248 e. The van der Waals surface area contributed by atoms with E-state index in [2.05, 4.69) is 5.32 Å². The predicted octanol–water partition coefficient (Wildman–Crippen LogP) is 3.90. The molecule has 1 heterocycles. The highest BCUT2D eigenvalue weighted by Gasteiger charge is 2.15. The van der Waals surface area contributed by atoms with Crippen LogP contribution in [0.15, 0.2) is 60.7 Å². The summed E-state index contributed by atoms with van der Waals surface area (Å²) < 4.78 is 11.2. The zero-order valence-electron chi connectivity index (χ0n) is 13.5. The van der Waals surface area contributed by atoms with Gasteiger partial charge in [-0.05, 0) is 48.7 Å². The smallest absolute Gasteiger partial charge is 0.248 e. The normalized spacial score (nSPS) is 17.1. The molecule has 1 saturated heterocycles. The van der Waals surface area contributed by atoms with E-state index in [4.69, 9.17) is 9.47 Å². The molecule has 2 aromatic rings. The fraction of sp³-hybridized carbons (Fsp3) is 0.250. The van der Waals surface area contributed by atoms with Crippen LogP contribution in [0.3, 0.4) is 0 Å². The molecule has 1 amide bonds. The van der Waals surface area contributed by atoms with Gasteiger partial charge in [0.05, 0.1) is 6.10 Å². The molecule has 3 rings (SSSR count). The Morgan fingerprint density at radius 1 is 1.17 bits per heavy atom. The Bertz CT molecular complexity index is 674. The zero-order chi connectivity index (χ0) is 16.6. The zero-order valence-corrected chi connectivity index (χ0v) is 13.5. The Morgan fingerprint density at radius 2 is 1.96 bits per heavy atom. The molecule has 0 bridgehead atoms. The summed E-state index contributed by atoms with van der Waals surface area (Å²) in [6, 6.07) is 17.1. The van der Waals surface area contributed by atoms with Crippen LogP contribution in [0.25, 0.3) is 6.08 Å². The molecule has 4 nitrogen and oxygen atoms in total. The highest BCUT2D eigenvalue weighted by molar-refractivity contribution is 6.01. The molecule has 1 atom stereocenters. The van der Waals surface area contributed by atoms with Crippen LogP contribution < -0.4 is 10.1 Å². The minimum atomic E-state index is -0.160. The van der Waals surface area contributed by atoms with E-state index in [0.717, 1.165) is 36.4 Å². The molecule has 0 radical (unpaired) electrons. The molecule has 1 fully saturated rings. The molecule has 0 spiro atoms. The lowest BCUT2D eigenvalue weighted by Gasteiger charge is -2.11. The van der Waals surface area contributed by atoms with Crippen molar-refractivity contribution < 1.29 is 14.3 Å². The summed E-state index contributed by atoms with van der Waals surface area (Å²) in [5.74, 6) is 0.621. The highest BCUT2D eigenvalue weighted by atomic mass is 16.5. The molecule has 0 saturated carbocycles. The second-order valence-electron chi connectivity index (χ2n) is 5.70. The van der Waals surface area contributed by atoms with Crippen molar-refractivity contribution in [1.29, 1.82) is 0 Å². The van der Waals surface area contributed by atoms with E-state index in [1.807, 2.05) is 54.6 Å². The first kappa shape index (κ1) is 16.3. The van der Waals surface area contributed by atoms with Gasteiger partial charge in [-0.15, -0.1) is 0 Å². The first-order chi connectivity index (χ1) is 11.8. The number of amides is 1. The predicted molar refractivity (Wildman–Crippen MR) is 95.0 cm³/mol. The van der Waals surface area contributed by atoms with E-state index < -0.39 is 0 Å². The lowest BCUT2D eigenvalue weighted by molar-refractivity contribution is -0.111. The molecule has 0 unspecified atom stereocenters. The van der Waals surface area contributed by atoms with Gasteiger partial charge < -0.3 is 14.8 Å². The second kappa shape index (κ2) is 8.31. The standard InChI is InChI=1S/C20H21NO3/c22-20(13-8-16-5-2-1-3-6-16)21-17-9-11-18(12-10-17)24-15-19-7-4-14-23-19/h1-3,5-6,8-13,19H,4,7,14-15H2,(H,21,22)/b13-8+/t19-/m1/s1. The van der Waals surface area contributed by atoms with Gasteiger partial charge >= 0.3 is 0 Å². The van der Waals surface area contributed by atoms with Crippen LogP contribution in [-0.4, -0.2) is 25.2 Å². The van der Waals surface area contributed by atoms with Crippen LogP contribution in [0, 0.1) is 0 Å². The minimum Gasteiger partial charge on any atom is -0.491 e. The maximum absolute atomic E-state index is 11.9. The average Bonchev–Trinajstić information content (AvgIpc) is 3.14. The van der Waals surface area contributed by atoms with Gasteiger partial charge in [-0.3, -0.25) is 4.79 Å². The first-order valence-electron chi connectivity index (χ1n) is 8.18. The summed E-state index contributed by atoms with van der Waals surface area (Å²) in [4.78, 5) is 11.9. The molecule has 4 heteroatoms. The molecule has 1 aliphatic heterocycles. The Morgan fingerprint density at radius 3 is 2.67 bits per heavy atom. The Hall–Kier alpha value is -2.59. The fourth-order valence-corrected chi connectivity index (χ4v) is 2.52. The van der Waals surface area contributed by atoms with Crippen LogP contribution >= 0.6 is 0 Å². The van der Waals surface area contributed by atoms with Crippen molar-refractivity contribution in [3.8, 4) is 5.75 Å². The lowest BCUT2D eigenvalue weighted by Crippen LogP contribution is -2.16. The quantitative estimate of drug-likeness (QED) is 0.820. The van der Waals surface area contributed by atoms with Crippen molar-refractivity contribution >= 4 is 17.7 Å². The van der Waals surface area contributed by atoms with Gasteiger partial charge in [-0.2, -0.15) is 0 Å². The summed E-state index contributed by atoms with van der Waals surface area (Å²) in [5.41, 5.74) is 1.73. The monoisotopic (exact) mass is 323 g/mol. The number of carbonyl (C=O) groups excluding carboxylic acids is 1. The summed E-state index contributed by atoms with van der Waals surface area (Å²) in [5, 5.41) is 2.83. The van der Waals surface area contributed by atoms with E-state index in [-0.39, 0.29) is 12.0 Å². The van der Waals surface area contributed by atoms with Crippen molar-refractivity contribution in [3.63, 3.8) is 0 Å². The van der Waals surface area contributed by atoms with Crippen LogP contribution in [0.1, 0.15) is 18.4 Å². The SMILES string of the molecule is O=C(/C=C/c1ccccc1)Nc1ccc(OC[C@H]2CCCO2)cc1. The number of carbonyl (C=O) groups is 1. The number of benzene rings is 2. The topological polar surface area (TPSA) is 47.6 Å². The summed E-state index contributed by atoms with van der Waals surface area (Å²) in [6.07, 6.45) is 5.68. The Labute approximate surface area is 142 Å². The average molecular weight is 323 g/mol. The Balaban J connectivity index is 1.48. The highest BCUT2D eigenvalue weighted by Crippen LogP contribution is 2.18. The first-order valence-corrected chi connectivity index (χ1v) is 8.18. The van der Waals surface area contributed by atoms with Crippen molar-refractivity contribution in [2.24, 2.45) is 0 Å². The van der Waals surface area contributed by atoms with Crippen LogP contribution in [0.5, 0.6) is 5.75 Å². The van der Waals surface area contributed by atoms with Gasteiger partial charge in [-0.1, -0.05) is 30.3 Å². The fourth-order valence-electron chi connectivity index (χ4n) is 2.52. The molecule has 1 aliphatic rings. The third-order valence-corrected chi connectivity index (χ3v) is 3.81. The number of nitrogens with one attached hydrogen (secondary N) is 1. The van der Waals surface area contributed by atoms with Gasteiger partial charge in [0.15, 0.2) is 0 Å². The van der Waals surface area contributed by atoms with Gasteiger partial charge in [0.2, 0.25) is 5.91 Å². The summed E-state index contributed by atoms with van der Waals surface area (Å²) in [6.45, 7) is 1.40. The van der Waals surface area contributed by atoms with E-state index in [1.165, 1.54) is 6.08 Å². The molecular weight excluding hydrogens is 302 g/mol. The van der Waals surface area contributed by atoms with Crippen molar-refractivity contribution in [1.82, 2.24) is 0 Å². The molecule has 0 aliphatic carbocycles. The molecule has 0 aromatic heterocycles. The van der Waals surface area contributed by atoms with Crippen molar-refractivity contribution in [2.45, 2.75) is 18.9 Å². The van der Waals surface area contributed by atoms with Crippen molar-refractivity contribution in [2.75, 3.05) is 18.5 Å². The summed E-state index contributed by atoms with van der Waals surface area (Å²) in [7, 11) is 0. The number of ether oxygens (including phenoxy) is 2. The number of hydrogen-bond acceptors (Lipinski definition) is 3. The van der Waals surface area contributed by atoms with E-state index in [1.54, 1.807) is 6.08 Å². The van der Waals surface area contributed by atoms with Crippen molar-refractivity contribution in [3.05, 3.63) is 66.2 Å². The van der Waals surface area contributed by atoms with Crippen LogP contribution in [0.2, 0.25) is 0 Å². The second-order valence-corrected chi connectivity index (χ2v) is 5.70. The minimum absolute atomic E-state index is 0.160. The van der Waals surface area contributed by atoms with Crippen LogP contribution in [-0.2, 0) is 9.53 Å². The summed E-state index contributed by atoms with van der Waals surface area (Å²) >= 11 is 0. The third-order valence-electron chi connectivity index (χ3n) is 3.81. The molecule has 1 N–H and O–H groups in total. The van der Waals surface area contributed by atoms with E-state index in [9.17, 15) is 4.79 Å². The molecule has 24 heavy (non-hydrogen) atoms. The number of hydrogen-bond donors (Lipinski definition) is 1. The largest absolute Gasteiger partial charge is 0.491 e. The van der Waals surface area contributed by atoms with Gasteiger partial charge in [0, 0.05) is 18.4 Å². The number of rotatable bonds is 6. The maximum atomic E-state index is 11.9. The van der Waals surface area contributed by atoms with Gasteiger partial charge in [0.25, 0.3) is 0 Å². The van der Waals surface area contributed by atoms with E-state index >= 15 is 0 Å². The third kappa shape index (κ3) is 4.96. The van der Waals surface area contributed by atoms with Crippen LogP contribution in [0.4, 0.5) is 5.69 Å². The number of anilines is 1. The lowest BCUT2D eigenvalue weighted by atomic mass is 10.2. The molecule has 2 aromatic carbocycles. The molecule has 124 valence electrons.